The molecule has 0 radical (unpaired) electrons. The lowest BCUT2D eigenvalue weighted by Crippen LogP contribution is -2.03. The minimum atomic E-state index is 0.122. The first-order valence-corrected chi connectivity index (χ1v) is 12.9. The second-order valence-corrected chi connectivity index (χ2v) is 11.6. The molecule has 0 unspecified atom stereocenters. The Hall–Kier alpha value is -1.53. The molecule has 6 rings (SSSR count). The van der Waals surface area contributed by atoms with Crippen LogP contribution in [0.5, 0.6) is 0 Å². The van der Waals surface area contributed by atoms with Gasteiger partial charge in [-0.1, -0.05) is 81.9 Å². The first kappa shape index (κ1) is 20.1. The minimum Gasteiger partial charge on any atom is -0.289 e. The van der Waals surface area contributed by atoms with E-state index in [1.807, 2.05) is 12.1 Å². The van der Waals surface area contributed by atoms with E-state index in [9.17, 15) is 4.79 Å². The summed E-state index contributed by atoms with van der Waals surface area (Å²) in [5.74, 6) is 0.122. The first-order valence-electron chi connectivity index (χ1n) is 9.71. The topological polar surface area (TPSA) is 17.1 Å². The van der Waals surface area contributed by atoms with E-state index in [4.69, 9.17) is 0 Å². The normalized spacial score (nSPS) is 16.3. The standard InChI is InChI=1S/C26H12Br4O/c27-12-1-4-16-17-5-2-13(28)8-20(17)25(19(16)7-12)22-10-15(30)11-23-24(22)18-6-3-14(29)9-21(18)26(23)31/h1-10H,11H2. The molecular formula is C26H12Br4O. The third-order valence-corrected chi connectivity index (χ3v) is 8.04. The summed E-state index contributed by atoms with van der Waals surface area (Å²) in [6.45, 7) is 0. The fourth-order valence-electron chi connectivity index (χ4n) is 4.83. The number of benzene rings is 3. The lowest BCUT2D eigenvalue weighted by atomic mass is 9.85. The third kappa shape index (κ3) is 3.01. The molecule has 0 bridgehead atoms. The summed E-state index contributed by atoms with van der Waals surface area (Å²) in [6.07, 6.45) is 2.81. The van der Waals surface area contributed by atoms with Crippen molar-refractivity contribution in [1.82, 2.24) is 0 Å². The number of Topliss-reactive ketones (excluding diaryl/α,β-unsaturated/α-hetero) is 1. The van der Waals surface area contributed by atoms with Gasteiger partial charge in [0.2, 0.25) is 0 Å². The van der Waals surface area contributed by atoms with Crippen LogP contribution in [0.4, 0.5) is 0 Å². The number of hydrogen-bond acceptors (Lipinski definition) is 1. The van der Waals surface area contributed by atoms with Crippen LogP contribution >= 0.6 is 63.7 Å². The Kier molecular flexibility index (Phi) is 4.70. The summed E-state index contributed by atoms with van der Waals surface area (Å²) in [5.41, 5.74) is 10.8. The smallest absolute Gasteiger partial charge is 0.190 e. The highest BCUT2D eigenvalue weighted by molar-refractivity contribution is 9.11. The molecular weight excluding hydrogens is 648 g/mol. The van der Waals surface area contributed by atoms with Crippen LogP contribution in [0.2, 0.25) is 0 Å². The molecule has 3 aliphatic rings. The minimum absolute atomic E-state index is 0.122. The highest BCUT2D eigenvalue weighted by atomic mass is 79.9. The van der Waals surface area contributed by atoms with E-state index in [1.54, 1.807) is 0 Å². The highest BCUT2D eigenvalue weighted by Crippen LogP contribution is 2.53. The van der Waals surface area contributed by atoms with Gasteiger partial charge in [0.05, 0.1) is 0 Å². The zero-order chi connectivity index (χ0) is 21.4. The van der Waals surface area contributed by atoms with Gasteiger partial charge in [-0.15, -0.1) is 0 Å². The molecule has 0 fully saturated rings. The fraction of sp³-hybridized carbons (Fsp3) is 0.0385. The van der Waals surface area contributed by atoms with Crippen molar-refractivity contribution in [3.8, 4) is 11.1 Å². The van der Waals surface area contributed by atoms with Crippen molar-refractivity contribution in [2.24, 2.45) is 0 Å². The van der Waals surface area contributed by atoms with Crippen LogP contribution in [0.1, 0.15) is 33.5 Å². The molecule has 5 heteroatoms. The highest BCUT2D eigenvalue weighted by Gasteiger charge is 2.36. The van der Waals surface area contributed by atoms with Crippen molar-refractivity contribution < 1.29 is 4.79 Å². The van der Waals surface area contributed by atoms with Gasteiger partial charge in [0.1, 0.15) is 0 Å². The quantitative estimate of drug-likeness (QED) is 0.184. The largest absolute Gasteiger partial charge is 0.289 e. The van der Waals surface area contributed by atoms with Crippen LogP contribution < -0.4 is 0 Å². The molecule has 0 atom stereocenters. The predicted octanol–water partition coefficient (Wildman–Crippen LogP) is 9.09. The summed E-state index contributed by atoms with van der Waals surface area (Å²) in [6, 6.07) is 18.9. The van der Waals surface area contributed by atoms with Crippen molar-refractivity contribution >= 4 is 80.6 Å². The molecule has 1 nitrogen and oxygen atoms in total. The van der Waals surface area contributed by atoms with E-state index >= 15 is 0 Å². The van der Waals surface area contributed by atoms with Crippen molar-refractivity contribution in [2.75, 3.05) is 0 Å². The lowest BCUT2D eigenvalue weighted by molar-refractivity contribution is 0.103. The van der Waals surface area contributed by atoms with Crippen LogP contribution in [-0.2, 0) is 0 Å². The molecule has 0 amide bonds. The van der Waals surface area contributed by atoms with E-state index in [1.165, 1.54) is 27.8 Å². The third-order valence-electron chi connectivity index (χ3n) is 6.05. The zero-order valence-electron chi connectivity index (χ0n) is 15.9. The molecule has 0 saturated heterocycles. The average molecular weight is 660 g/mol. The predicted molar refractivity (Wildman–Crippen MR) is 140 cm³/mol. The molecule has 3 aromatic rings. The molecule has 31 heavy (non-hydrogen) atoms. The maximum Gasteiger partial charge on any atom is 0.190 e. The Morgan fingerprint density at radius 1 is 0.581 bits per heavy atom. The van der Waals surface area contributed by atoms with E-state index < -0.39 is 0 Å². The van der Waals surface area contributed by atoms with Crippen LogP contribution in [0.15, 0.2) is 89.7 Å². The SMILES string of the molecule is O=C1C2=C(C(=C3c4cc(Br)ccc4-c4ccc(Br)cc43)C=C(Br)C2)c2ccc(Br)cc21. The van der Waals surface area contributed by atoms with Crippen molar-refractivity contribution in [1.29, 1.82) is 0 Å². The molecule has 3 aromatic carbocycles. The number of halogens is 4. The molecule has 0 aliphatic heterocycles. The Morgan fingerprint density at radius 2 is 1.10 bits per heavy atom. The Morgan fingerprint density at radius 3 is 1.68 bits per heavy atom. The van der Waals surface area contributed by atoms with Gasteiger partial charge < -0.3 is 0 Å². The van der Waals surface area contributed by atoms with E-state index in [-0.39, 0.29) is 5.78 Å². The molecule has 0 aromatic heterocycles. The maximum atomic E-state index is 13.3. The summed E-state index contributed by atoms with van der Waals surface area (Å²) < 4.78 is 4.02. The van der Waals surface area contributed by atoms with Gasteiger partial charge in [0.25, 0.3) is 0 Å². The number of ketones is 1. The van der Waals surface area contributed by atoms with Crippen LogP contribution in [0.25, 0.3) is 22.3 Å². The summed E-state index contributed by atoms with van der Waals surface area (Å²) in [4.78, 5) is 13.3. The summed E-state index contributed by atoms with van der Waals surface area (Å²) in [5, 5.41) is 0. The van der Waals surface area contributed by atoms with Crippen molar-refractivity contribution in [3.63, 3.8) is 0 Å². The van der Waals surface area contributed by atoms with E-state index in [0.717, 1.165) is 45.7 Å². The van der Waals surface area contributed by atoms with Gasteiger partial charge in [-0.05, 0) is 87.0 Å². The number of rotatable bonds is 0. The van der Waals surface area contributed by atoms with Gasteiger partial charge in [-0.2, -0.15) is 0 Å². The zero-order valence-corrected chi connectivity index (χ0v) is 22.2. The monoisotopic (exact) mass is 656 g/mol. The average Bonchev–Trinajstić information content (AvgIpc) is 3.19. The molecule has 3 aliphatic carbocycles. The fourth-order valence-corrected chi connectivity index (χ4v) is 6.43. The molecule has 0 N–H and O–H groups in total. The number of allylic oxidation sites excluding steroid dienone is 5. The Balaban J connectivity index is 1.74. The van der Waals surface area contributed by atoms with Gasteiger partial charge >= 0.3 is 0 Å². The first-order chi connectivity index (χ1) is 14.9. The van der Waals surface area contributed by atoms with Crippen LogP contribution in [0, 0.1) is 0 Å². The van der Waals surface area contributed by atoms with Gasteiger partial charge in [-0.3, -0.25) is 4.79 Å². The van der Waals surface area contributed by atoms with E-state index in [0.29, 0.717) is 6.42 Å². The second-order valence-electron chi connectivity index (χ2n) is 7.81. The summed E-state index contributed by atoms with van der Waals surface area (Å²) >= 11 is 14.6. The summed E-state index contributed by atoms with van der Waals surface area (Å²) in [7, 11) is 0. The molecule has 0 heterocycles. The van der Waals surface area contributed by atoms with Crippen LogP contribution in [0.3, 0.4) is 0 Å². The van der Waals surface area contributed by atoms with Crippen molar-refractivity contribution in [3.05, 3.63) is 112 Å². The van der Waals surface area contributed by atoms with Gasteiger partial charge in [0, 0.05) is 35.5 Å². The number of fused-ring (bicyclic) bond motifs is 5. The number of carbonyl (C=O) groups excluding carboxylic acids is 1. The molecule has 150 valence electrons. The number of carbonyl (C=O) groups is 1. The Labute approximate surface area is 213 Å². The Bertz CT molecular complexity index is 1400. The lowest BCUT2D eigenvalue weighted by Gasteiger charge is -2.19. The number of hydrogen-bond donors (Lipinski definition) is 0. The van der Waals surface area contributed by atoms with E-state index in [2.05, 4.69) is 112 Å². The van der Waals surface area contributed by atoms with Gasteiger partial charge in [0.15, 0.2) is 5.78 Å². The molecule has 0 saturated carbocycles. The van der Waals surface area contributed by atoms with Gasteiger partial charge in [-0.25, -0.2) is 0 Å². The van der Waals surface area contributed by atoms with Crippen molar-refractivity contribution in [2.45, 2.75) is 6.42 Å². The maximum absolute atomic E-state index is 13.3. The second kappa shape index (κ2) is 7.24. The molecule has 0 spiro atoms. The van der Waals surface area contributed by atoms with Crippen LogP contribution in [-0.4, -0.2) is 5.78 Å².